The molecule has 0 unspecified atom stereocenters. The maximum Gasteiger partial charge on any atom is 0.488 e. The summed E-state index contributed by atoms with van der Waals surface area (Å²) in [6.07, 6.45) is 0. The van der Waals surface area contributed by atoms with E-state index in [0.29, 0.717) is 5.46 Å². The van der Waals surface area contributed by atoms with Gasteiger partial charge in [0.25, 0.3) is 0 Å². The van der Waals surface area contributed by atoms with E-state index in [1.807, 2.05) is 42.5 Å². The third kappa shape index (κ3) is 3.54. The molecule has 0 fully saturated rings. The maximum absolute atomic E-state index is 9.62. The lowest BCUT2D eigenvalue weighted by Gasteiger charge is -2.18. The zero-order valence-corrected chi connectivity index (χ0v) is 20.5. The highest BCUT2D eigenvalue weighted by atomic mass is 16.4. The van der Waals surface area contributed by atoms with E-state index in [4.69, 9.17) is 4.42 Å². The fourth-order valence-electron chi connectivity index (χ4n) is 5.62. The summed E-state index contributed by atoms with van der Waals surface area (Å²) < 4.78 is 6.54. The number of rotatable bonds is 4. The van der Waals surface area contributed by atoms with Gasteiger partial charge in [-0.3, -0.25) is 0 Å². The quantitative estimate of drug-likeness (QED) is 0.199. The van der Waals surface area contributed by atoms with E-state index >= 15 is 0 Å². The van der Waals surface area contributed by atoms with E-state index in [1.54, 1.807) is 12.1 Å². The van der Waals surface area contributed by atoms with Crippen LogP contribution in [0, 0.1) is 0 Å². The van der Waals surface area contributed by atoms with Crippen LogP contribution in [0.1, 0.15) is 0 Å². The topological polar surface area (TPSA) is 53.6 Å². The Bertz CT molecular complexity index is 1880. The van der Waals surface area contributed by atoms with Crippen molar-refractivity contribution in [1.29, 1.82) is 0 Å². The van der Waals surface area contributed by atoms with Crippen LogP contribution in [0.4, 0.5) is 0 Å². The van der Waals surface area contributed by atoms with Crippen molar-refractivity contribution in [1.82, 2.24) is 0 Å². The van der Waals surface area contributed by atoms with Crippen molar-refractivity contribution in [3.63, 3.8) is 0 Å². The third-order valence-electron chi connectivity index (χ3n) is 7.31. The molecule has 2 N–H and O–H groups in total. The van der Waals surface area contributed by atoms with Crippen molar-refractivity contribution in [3.05, 3.63) is 127 Å². The minimum atomic E-state index is -1.49. The molecule has 0 bridgehead atoms. The Labute approximate surface area is 220 Å². The first-order valence-corrected chi connectivity index (χ1v) is 12.7. The molecule has 0 amide bonds. The SMILES string of the molecule is OB(O)c1ccc(-c2c3ccccc3c(-c3c(-c4ccccc4)oc4ccccc34)c3ccccc23)cc1. The largest absolute Gasteiger partial charge is 0.488 e. The molecule has 6 aromatic carbocycles. The summed E-state index contributed by atoms with van der Waals surface area (Å²) in [5.74, 6) is 0.858. The van der Waals surface area contributed by atoms with Crippen LogP contribution in [-0.2, 0) is 0 Å². The summed E-state index contributed by atoms with van der Waals surface area (Å²) >= 11 is 0. The van der Waals surface area contributed by atoms with Crippen LogP contribution in [0.25, 0.3) is 66.1 Å². The van der Waals surface area contributed by atoms with E-state index in [-0.39, 0.29) is 0 Å². The van der Waals surface area contributed by atoms with Crippen molar-refractivity contribution in [2.24, 2.45) is 0 Å². The summed E-state index contributed by atoms with van der Waals surface area (Å²) in [6.45, 7) is 0. The predicted molar refractivity (Wildman–Crippen MR) is 157 cm³/mol. The average Bonchev–Trinajstić information content (AvgIpc) is 3.35. The molecule has 180 valence electrons. The number of furan rings is 1. The van der Waals surface area contributed by atoms with Gasteiger partial charge >= 0.3 is 7.12 Å². The number of para-hydroxylation sites is 1. The zero-order chi connectivity index (χ0) is 25.6. The normalized spacial score (nSPS) is 11.4. The molecule has 7 rings (SSSR count). The smallest absolute Gasteiger partial charge is 0.455 e. The molecular formula is C34H23BO3. The van der Waals surface area contributed by atoms with Crippen LogP contribution in [-0.4, -0.2) is 17.2 Å². The molecule has 0 spiro atoms. The Morgan fingerprint density at radius 2 is 0.921 bits per heavy atom. The summed E-state index contributed by atoms with van der Waals surface area (Å²) in [5.41, 5.74) is 6.74. The third-order valence-corrected chi connectivity index (χ3v) is 7.31. The van der Waals surface area contributed by atoms with Crippen molar-refractivity contribution >= 4 is 45.1 Å². The van der Waals surface area contributed by atoms with Gasteiger partial charge in [0.2, 0.25) is 0 Å². The first-order chi connectivity index (χ1) is 18.7. The molecule has 0 aliphatic carbocycles. The molecule has 0 radical (unpaired) electrons. The van der Waals surface area contributed by atoms with Crippen molar-refractivity contribution in [2.45, 2.75) is 0 Å². The van der Waals surface area contributed by atoms with Crippen molar-refractivity contribution in [3.8, 4) is 33.6 Å². The van der Waals surface area contributed by atoms with E-state index < -0.39 is 7.12 Å². The van der Waals surface area contributed by atoms with Crippen LogP contribution in [0.15, 0.2) is 132 Å². The minimum Gasteiger partial charge on any atom is -0.455 e. The van der Waals surface area contributed by atoms with Gasteiger partial charge in [-0.05, 0) is 44.2 Å². The van der Waals surface area contributed by atoms with E-state index in [1.165, 1.54) is 0 Å². The fourth-order valence-corrected chi connectivity index (χ4v) is 5.62. The number of hydrogen-bond acceptors (Lipinski definition) is 3. The van der Waals surface area contributed by atoms with Crippen molar-refractivity contribution in [2.75, 3.05) is 0 Å². The Morgan fingerprint density at radius 1 is 0.421 bits per heavy atom. The van der Waals surface area contributed by atoms with Gasteiger partial charge in [-0.2, -0.15) is 0 Å². The first-order valence-electron chi connectivity index (χ1n) is 12.7. The fraction of sp³-hybridized carbons (Fsp3) is 0. The zero-order valence-electron chi connectivity index (χ0n) is 20.5. The second-order valence-corrected chi connectivity index (χ2v) is 9.51. The monoisotopic (exact) mass is 490 g/mol. The number of benzene rings is 6. The highest BCUT2D eigenvalue weighted by molar-refractivity contribution is 6.58. The Kier molecular flexibility index (Phi) is 5.36. The van der Waals surface area contributed by atoms with Crippen LogP contribution in [0.5, 0.6) is 0 Å². The second kappa shape index (κ2) is 9.03. The molecule has 1 aromatic heterocycles. The maximum atomic E-state index is 9.62. The average molecular weight is 490 g/mol. The molecule has 0 aliphatic heterocycles. The van der Waals surface area contributed by atoms with Crippen LogP contribution >= 0.6 is 0 Å². The molecule has 7 aromatic rings. The lowest BCUT2D eigenvalue weighted by atomic mass is 9.79. The van der Waals surface area contributed by atoms with Crippen molar-refractivity contribution < 1.29 is 14.5 Å². The molecule has 4 heteroatoms. The Morgan fingerprint density at radius 3 is 1.50 bits per heavy atom. The van der Waals surface area contributed by atoms with E-state index in [9.17, 15) is 10.0 Å². The molecule has 0 saturated carbocycles. The van der Waals surface area contributed by atoms with Gasteiger partial charge in [-0.25, -0.2) is 0 Å². The summed E-state index contributed by atoms with van der Waals surface area (Å²) in [6, 6.07) is 43.0. The van der Waals surface area contributed by atoms with Crippen LogP contribution in [0.2, 0.25) is 0 Å². The van der Waals surface area contributed by atoms with Gasteiger partial charge in [-0.15, -0.1) is 0 Å². The van der Waals surface area contributed by atoms with E-state index in [2.05, 4.69) is 72.8 Å². The molecule has 0 atom stereocenters. The lowest BCUT2D eigenvalue weighted by molar-refractivity contribution is 0.426. The summed E-state index contributed by atoms with van der Waals surface area (Å²) in [4.78, 5) is 0. The molecule has 1 heterocycles. The second-order valence-electron chi connectivity index (χ2n) is 9.51. The Hall–Kier alpha value is -4.64. The Balaban J connectivity index is 1.63. The molecule has 0 saturated heterocycles. The summed E-state index contributed by atoms with van der Waals surface area (Å²) in [7, 11) is -1.49. The van der Waals surface area contributed by atoms with Gasteiger partial charge in [-0.1, -0.05) is 121 Å². The van der Waals surface area contributed by atoms with Gasteiger partial charge in [0.05, 0.1) is 0 Å². The molecular weight excluding hydrogens is 467 g/mol. The molecule has 38 heavy (non-hydrogen) atoms. The molecule has 0 aliphatic rings. The first kappa shape index (κ1) is 22.6. The van der Waals surface area contributed by atoms with E-state index in [0.717, 1.165) is 66.1 Å². The lowest BCUT2D eigenvalue weighted by Crippen LogP contribution is -2.29. The number of hydrogen-bond donors (Lipinski definition) is 2. The number of fused-ring (bicyclic) bond motifs is 3. The molecule has 3 nitrogen and oxygen atoms in total. The predicted octanol–water partition coefficient (Wildman–Crippen LogP) is 7.42. The van der Waals surface area contributed by atoms with Gasteiger partial charge in [0.1, 0.15) is 11.3 Å². The standard InChI is InChI=1S/C34H23BO3/c36-35(37)24-20-18-22(19-21-24)31-25-12-4-6-14-27(25)32(28-15-7-5-13-26(28)31)33-29-16-8-9-17-30(29)38-34(33)23-10-2-1-3-11-23/h1-21,36-37H. The van der Waals surface area contributed by atoms with Crippen LogP contribution < -0.4 is 5.46 Å². The minimum absolute atomic E-state index is 0.469. The van der Waals surface area contributed by atoms with Gasteiger partial charge in [0, 0.05) is 22.1 Å². The summed E-state index contributed by atoms with van der Waals surface area (Å²) in [5, 5.41) is 24.9. The highest BCUT2D eigenvalue weighted by Gasteiger charge is 2.23. The highest BCUT2D eigenvalue weighted by Crippen LogP contribution is 2.49. The van der Waals surface area contributed by atoms with Crippen LogP contribution in [0.3, 0.4) is 0 Å². The van der Waals surface area contributed by atoms with Gasteiger partial charge in [0.15, 0.2) is 0 Å². The van der Waals surface area contributed by atoms with Gasteiger partial charge < -0.3 is 14.5 Å².